The zero-order valence-electron chi connectivity index (χ0n) is 14.9. The lowest BCUT2D eigenvalue weighted by molar-refractivity contribution is -0.136. The van der Waals surface area contributed by atoms with Crippen LogP contribution in [0.5, 0.6) is 11.5 Å². The Kier molecular flexibility index (Phi) is 7.20. The van der Waals surface area contributed by atoms with Crippen molar-refractivity contribution in [3.63, 3.8) is 0 Å². The second kappa shape index (κ2) is 9.60. The fourth-order valence-corrected chi connectivity index (χ4v) is 2.66. The van der Waals surface area contributed by atoms with Crippen LogP contribution in [0.3, 0.4) is 0 Å². The predicted octanol–water partition coefficient (Wildman–Crippen LogP) is 3.59. The summed E-state index contributed by atoms with van der Waals surface area (Å²) in [4.78, 5) is 11.5. The summed E-state index contributed by atoms with van der Waals surface area (Å²) in [5, 5.41) is 9.43. The van der Waals surface area contributed by atoms with Crippen LogP contribution in [0.4, 0.5) is 0 Å². The zero-order valence-corrected chi connectivity index (χ0v) is 14.9. The van der Waals surface area contributed by atoms with E-state index in [0.717, 1.165) is 5.56 Å². The van der Waals surface area contributed by atoms with Crippen molar-refractivity contribution in [3.05, 3.63) is 54.1 Å². The normalized spacial score (nSPS) is 10.4. The Morgan fingerprint density at radius 3 is 2.23 bits per heavy atom. The van der Waals surface area contributed by atoms with Gasteiger partial charge in [0.2, 0.25) is 0 Å². The lowest BCUT2D eigenvalue weighted by Crippen LogP contribution is -2.10. The number of rotatable bonds is 10. The highest BCUT2D eigenvalue weighted by molar-refractivity contribution is 5.85. The first kappa shape index (κ1) is 19.5. The first-order chi connectivity index (χ1) is 12.6. The van der Waals surface area contributed by atoms with Crippen molar-refractivity contribution in [1.29, 1.82) is 0 Å². The molecular formula is C20H22O6. The smallest absolute Gasteiger partial charge is 0.307 e. The average molecular weight is 358 g/mol. The Balaban J connectivity index is 2.74. The number of carboxylic acid groups (broad SMARTS) is 1. The fraction of sp³-hybridized carbons (Fsp3) is 0.250. The lowest BCUT2D eigenvalue weighted by Gasteiger charge is -2.20. The minimum Gasteiger partial charge on any atom is -0.481 e. The van der Waals surface area contributed by atoms with Gasteiger partial charge >= 0.3 is 5.97 Å². The van der Waals surface area contributed by atoms with Gasteiger partial charge in [-0.25, -0.2) is 0 Å². The number of hydrogen-bond acceptors (Lipinski definition) is 5. The molecule has 0 bridgehead atoms. The molecule has 2 rings (SSSR count). The van der Waals surface area contributed by atoms with Crippen LogP contribution in [0.1, 0.15) is 11.1 Å². The summed E-state index contributed by atoms with van der Waals surface area (Å²) in [6, 6.07) is 11.1. The molecule has 1 N–H and O–H groups in total. The predicted molar refractivity (Wildman–Crippen MR) is 98.3 cm³/mol. The van der Waals surface area contributed by atoms with E-state index in [1.54, 1.807) is 12.1 Å². The van der Waals surface area contributed by atoms with Crippen LogP contribution < -0.4 is 9.47 Å². The molecule has 0 fully saturated rings. The van der Waals surface area contributed by atoms with E-state index in [4.69, 9.17) is 18.9 Å². The highest BCUT2D eigenvalue weighted by atomic mass is 16.7. The third-order valence-electron chi connectivity index (χ3n) is 3.66. The van der Waals surface area contributed by atoms with Gasteiger partial charge in [0.25, 0.3) is 0 Å². The number of ether oxygens (including phenoxy) is 4. The number of carboxylic acids is 1. The standard InChI is InChI=1S/C20H22O6/c1-4-15-16(10-19(21)22)20(14-8-6-5-7-9-14)18(26-13-24-3)11-17(15)25-12-23-2/h4-9,11H,1,10,12-13H2,2-3H3,(H,21,22). The molecule has 0 amide bonds. The highest BCUT2D eigenvalue weighted by Gasteiger charge is 2.22. The van der Waals surface area contributed by atoms with E-state index < -0.39 is 5.97 Å². The lowest BCUT2D eigenvalue weighted by atomic mass is 9.91. The summed E-state index contributed by atoms with van der Waals surface area (Å²) in [5.41, 5.74) is 2.65. The fourth-order valence-electron chi connectivity index (χ4n) is 2.66. The number of hydrogen-bond donors (Lipinski definition) is 1. The number of carbonyl (C=O) groups is 1. The molecule has 26 heavy (non-hydrogen) atoms. The van der Waals surface area contributed by atoms with E-state index in [0.29, 0.717) is 28.2 Å². The van der Waals surface area contributed by atoms with E-state index in [-0.39, 0.29) is 20.0 Å². The van der Waals surface area contributed by atoms with Crippen molar-refractivity contribution >= 4 is 12.0 Å². The molecule has 2 aromatic rings. The first-order valence-electron chi connectivity index (χ1n) is 7.95. The molecule has 6 nitrogen and oxygen atoms in total. The summed E-state index contributed by atoms with van der Waals surface area (Å²) in [6.45, 7) is 3.85. The molecular weight excluding hydrogens is 336 g/mol. The van der Waals surface area contributed by atoms with Crippen LogP contribution in [0.15, 0.2) is 43.0 Å². The molecule has 0 heterocycles. The maximum Gasteiger partial charge on any atom is 0.307 e. The van der Waals surface area contributed by atoms with Gasteiger partial charge in [-0.3, -0.25) is 4.79 Å². The molecule has 0 radical (unpaired) electrons. The van der Waals surface area contributed by atoms with E-state index in [2.05, 4.69) is 6.58 Å². The van der Waals surface area contributed by atoms with Crippen molar-refractivity contribution in [2.75, 3.05) is 27.8 Å². The molecule has 0 aliphatic carbocycles. The Labute approximate surface area is 152 Å². The number of aliphatic carboxylic acids is 1. The Hall–Kier alpha value is -2.83. The van der Waals surface area contributed by atoms with E-state index in [9.17, 15) is 9.90 Å². The Morgan fingerprint density at radius 1 is 1.08 bits per heavy atom. The molecule has 2 aromatic carbocycles. The van der Waals surface area contributed by atoms with E-state index in [1.165, 1.54) is 14.2 Å². The minimum absolute atomic E-state index is 0.0156. The van der Waals surface area contributed by atoms with Gasteiger partial charge in [-0.15, -0.1) is 0 Å². The number of benzene rings is 2. The number of methoxy groups -OCH3 is 2. The first-order valence-corrected chi connectivity index (χ1v) is 7.95. The largest absolute Gasteiger partial charge is 0.481 e. The second-order valence-corrected chi connectivity index (χ2v) is 5.38. The topological polar surface area (TPSA) is 74.2 Å². The van der Waals surface area contributed by atoms with Crippen LogP contribution in [0.25, 0.3) is 17.2 Å². The summed E-state index contributed by atoms with van der Waals surface area (Å²) in [7, 11) is 3.02. The van der Waals surface area contributed by atoms with Crippen molar-refractivity contribution in [2.45, 2.75) is 6.42 Å². The van der Waals surface area contributed by atoms with Gasteiger partial charge in [-0.2, -0.15) is 0 Å². The van der Waals surface area contributed by atoms with Crippen LogP contribution >= 0.6 is 0 Å². The molecule has 0 unspecified atom stereocenters. The van der Waals surface area contributed by atoms with Crippen LogP contribution in [-0.2, 0) is 20.7 Å². The van der Waals surface area contributed by atoms with Crippen molar-refractivity contribution in [3.8, 4) is 22.6 Å². The van der Waals surface area contributed by atoms with Crippen molar-refractivity contribution in [1.82, 2.24) is 0 Å². The zero-order chi connectivity index (χ0) is 18.9. The van der Waals surface area contributed by atoms with Crippen molar-refractivity contribution < 1.29 is 28.8 Å². The Morgan fingerprint density at radius 2 is 1.69 bits per heavy atom. The second-order valence-electron chi connectivity index (χ2n) is 5.38. The quantitative estimate of drug-likeness (QED) is 0.654. The summed E-state index contributed by atoms with van der Waals surface area (Å²) in [5.74, 6) is -0.0678. The van der Waals surface area contributed by atoms with Crippen LogP contribution in [0.2, 0.25) is 0 Å². The summed E-state index contributed by atoms with van der Waals surface area (Å²) in [6.07, 6.45) is 1.37. The SMILES string of the molecule is C=Cc1c(OCOC)cc(OCOC)c(-c2ccccc2)c1CC(=O)O. The average Bonchev–Trinajstić information content (AvgIpc) is 2.64. The molecule has 0 saturated heterocycles. The third kappa shape index (κ3) is 4.62. The summed E-state index contributed by atoms with van der Waals surface area (Å²) >= 11 is 0. The van der Waals surface area contributed by atoms with Crippen LogP contribution in [0, 0.1) is 0 Å². The van der Waals surface area contributed by atoms with Gasteiger partial charge in [-0.05, 0) is 11.1 Å². The van der Waals surface area contributed by atoms with E-state index in [1.807, 2.05) is 30.3 Å². The third-order valence-corrected chi connectivity index (χ3v) is 3.66. The highest BCUT2D eigenvalue weighted by Crippen LogP contribution is 2.41. The Bertz CT molecular complexity index is 755. The summed E-state index contributed by atoms with van der Waals surface area (Å²) < 4.78 is 21.3. The van der Waals surface area contributed by atoms with Gasteiger partial charge < -0.3 is 24.1 Å². The van der Waals surface area contributed by atoms with E-state index >= 15 is 0 Å². The van der Waals surface area contributed by atoms with Gasteiger partial charge in [0.15, 0.2) is 13.6 Å². The molecule has 0 atom stereocenters. The molecule has 138 valence electrons. The molecule has 0 aliphatic rings. The molecule has 0 aromatic heterocycles. The maximum atomic E-state index is 11.5. The molecule has 0 saturated carbocycles. The van der Waals surface area contributed by atoms with Crippen LogP contribution in [-0.4, -0.2) is 38.9 Å². The van der Waals surface area contributed by atoms with Crippen molar-refractivity contribution in [2.24, 2.45) is 0 Å². The monoisotopic (exact) mass is 358 g/mol. The minimum atomic E-state index is -0.966. The van der Waals surface area contributed by atoms with Gasteiger partial charge in [0, 0.05) is 31.4 Å². The van der Waals surface area contributed by atoms with Gasteiger partial charge in [0.05, 0.1) is 6.42 Å². The molecule has 6 heteroatoms. The molecule has 0 aliphatic heterocycles. The maximum absolute atomic E-state index is 11.5. The molecule has 0 spiro atoms. The van der Waals surface area contributed by atoms with Gasteiger partial charge in [-0.1, -0.05) is 43.0 Å². The van der Waals surface area contributed by atoms with Gasteiger partial charge in [0.1, 0.15) is 11.5 Å².